The van der Waals surface area contributed by atoms with Crippen molar-refractivity contribution in [2.75, 3.05) is 13.1 Å². The van der Waals surface area contributed by atoms with Crippen LogP contribution in [0.4, 0.5) is 0 Å². The van der Waals surface area contributed by atoms with Crippen LogP contribution >= 0.6 is 0 Å². The number of aromatic hydroxyl groups is 2. The van der Waals surface area contributed by atoms with Crippen molar-refractivity contribution < 1.29 is 10.2 Å². The highest BCUT2D eigenvalue weighted by molar-refractivity contribution is 5.83. The lowest BCUT2D eigenvalue weighted by atomic mass is 10.1. The summed E-state index contributed by atoms with van der Waals surface area (Å²) in [5.41, 5.74) is 1.56. The number of para-hydroxylation sites is 2. The van der Waals surface area contributed by atoms with E-state index in [9.17, 15) is 10.2 Å². The molecule has 0 spiro atoms. The van der Waals surface area contributed by atoms with Crippen LogP contribution < -0.4 is 0 Å². The minimum absolute atomic E-state index is 0.226. The Morgan fingerprint density at radius 1 is 0.810 bits per heavy atom. The van der Waals surface area contributed by atoms with E-state index in [4.69, 9.17) is 0 Å². The maximum Gasteiger partial charge on any atom is 0.124 e. The second kappa shape index (κ2) is 7.85. The molecule has 21 heavy (non-hydrogen) atoms. The Morgan fingerprint density at radius 3 is 2.24 bits per heavy atom. The minimum atomic E-state index is 0.226. The lowest BCUT2D eigenvalue weighted by molar-refractivity contribution is 0.470. The van der Waals surface area contributed by atoms with E-state index in [2.05, 4.69) is 9.98 Å². The summed E-state index contributed by atoms with van der Waals surface area (Å²) >= 11 is 0. The van der Waals surface area contributed by atoms with Gasteiger partial charge in [-0.1, -0.05) is 30.3 Å². The molecule has 0 saturated heterocycles. The SMILES string of the molecule is Oc1ccccc1C=NCCN=CCc1ccccc1O. The van der Waals surface area contributed by atoms with Crippen LogP contribution in [0.1, 0.15) is 11.1 Å². The first-order valence-corrected chi connectivity index (χ1v) is 6.80. The number of hydrogen-bond donors (Lipinski definition) is 2. The number of rotatable bonds is 6. The molecular formula is C17H18N2O2. The van der Waals surface area contributed by atoms with Crippen molar-refractivity contribution in [3.05, 3.63) is 59.7 Å². The van der Waals surface area contributed by atoms with Crippen LogP contribution in [0.2, 0.25) is 0 Å². The summed E-state index contributed by atoms with van der Waals surface area (Å²) in [4.78, 5) is 8.47. The van der Waals surface area contributed by atoms with E-state index < -0.39 is 0 Å². The second-order valence-corrected chi connectivity index (χ2v) is 4.52. The Morgan fingerprint density at radius 2 is 1.48 bits per heavy atom. The van der Waals surface area contributed by atoms with Crippen molar-refractivity contribution in [1.29, 1.82) is 0 Å². The Labute approximate surface area is 124 Å². The maximum atomic E-state index is 9.59. The fourth-order valence-electron chi connectivity index (χ4n) is 1.81. The lowest BCUT2D eigenvalue weighted by Gasteiger charge is -1.99. The average Bonchev–Trinajstić information content (AvgIpc) is 2.50. The van der Waals surface area contributed by atoms with Crippen LogP contribution in [-0.4, -0.2) is 35.7 Å². The van der Waals surface area contributed by atoms with Gasteiger partial charge >= 0.3 is 0 Å². The molecule has 0 radical (unpaired) electrons. The molecule has 4 nitrogen and oxygen atoms in total. The van der Waals surface area contributed by atoms with Gasteiger partial charge in [0, 0.05) is 24.4 Å². The van der Waals surface area contributed by atoms with Crippen LogP contribution in [0, 0.1) is 0 Å². The average molecular weight is 282 g/mol. The monoisotopic (exact) mass is 282 g/mol. The van der Waals surface area contributed by atoms with Crippen molar-refractivity contribution in [2.45, 2.75) is 6.42 Å². The Kier molecular flexibility index (Phi) is 5.52. The molecule has 0 unspecified atom stereocenters. The van der Waals surface area contributed by atoms with Gasteiger partial charge in [0.2, 0.25) is 0 Å². The van der Waals surface area contributed by atoms with Gasteiger partial charge in [0.05, 0.1) is 13.1 Å². The predicted octanol–water partition coefficient (Wildman–Crippen LogP) is 2.83. The third-order valence-electron chi connectivity index (χ3n) is 2.96. The van der Waals surface area contributed by atoms with Crippen molar-refractivity contribution in [3.63, 3.8) is 0 Å². The summed E-state index contributed by atoms with van der Waals surface area (Å²) in [6, 6.07) is 14.3. The predicted molar refractivity (Wildman–Crippen MR) is 85.7 cm³/mol. The molecule has 0 aliphatic rings. The molecule has 0 saturated carbocycles. The molecule has 0 amide bonds. The summed E-state index contributed by atoms with van der Waals surface area (Å²) in [6.07, 6.45) is 4.04. The zero-order valence-electron chi connectivity index (χ0n) is 11.7. The van der Waals surface area contributed by atoms with Crippen LogP contribution in [0.25, 0.3) is 0 Å². The van der Waals surface area contributed by atoms with E-state index in [1.165, 1.54) is 0 Å². The molecule has 4 heteroatoms. The lowest BCUT2D eigenvalue weighted by Crippen LogP contribution is -1.92. The number of hydrogen-bond acceptors (Lipinski definition) is 4. The van der Waals surface area contributed by atoms with Gasteiger partial charge in [0.15, 0.2) is 0 Å². The van der Waals surface area contributed by atoms with Crippen molar-refractivity contribution in [1.82, 2.24) is 0 Å². The molecule has 0 fully saturated rings. The normalized spacial score (nSPS) is 11.4. The topological polar surface area (TPSA) is 65.2 Å². The zero-order valence-corrected chi connectivity index (χ0v) is 11.7. The van der Waals surface area contributed by atoms with Gasteiger partial charge in [0.25, 0.3) is 0 Å². The number of phenolic OH excluding ortho intramolecular Hbond substituents is 2. The quantitative estimate of drug-likeness (QED) is 0.632. The number of benzene rings is 2. The Hall–Kier alpha value is -2.62. The van der Waals surface area contributed by atoms with E-state index in [0.29, 0.717) is 30.8 Å². The summed E-state index contributed by atoms with van der Waals surface area (Å²) in [5.74, 6) is 0.519. The fraction of sp³-hybridized carbons (Fsp3) is 0.176. The molecule has 2 aromatic rings. The molecule has 0 aliphatic carbocycles. The highest BCUT2D eigenvalue weighted by Crippen LogP contribution is 2.15. The molecule has 0 atom stereocenters. The van der Waals surface area contributed by atoms with Crippen LogP contribution in [0.5, 0.6) is 11.5 Å². The maximum absolute atomic E-state index is 9.59. The van der Waals surface area contributed by atoms with Gasteiger partial charge < -0.3 is 10.2 Å². The third kappa shape index (κ3) is 4.76. The van der Waals surface area contributed by atoms with Crippen molar-refractivity contribution in [2.24, 2.45) is 9.98 Å². The van der Waals surface area contributed by atoms with E-state index >= 15 is 0 Å². The van der Waals surface area contributed by atoms with Gasteiger partial charge in [-0.05, 0) is 23.8 Å². The minimum Gasteiger partial charge on any atom is -0.508 e. The standard InChI is InChI=1S/C17H18N2O2/c20-16-7-3-1-5-14(16)9-10-18-11-12-19-13-15-6-2-4-8-17(15)21/h1-8,10,13,20-21H,9,11-12H2. The van der Waals surface area contributed by atoms with Crippen molar-refractivity contribution in [3.8, 4) is 11.5 Å². The molecule has 0 heterocycles. The molecule has 0 aliphatic heterocycles. The number of phenols is 2. The summed E-state index contributed by atoms with van der Waals surface area (Å²) in [7, 11) is 0. The molecule has 2 aromatic carbocycles. The second-order valence-electron chi connectivity index (χ2n) is 4.52. The molecule has 0 bridgehead atoms. The van der Waals surface area contributed by atoms with Gasteiger partial charge in [-0.2, -0.15) is 0 Å². The van der Waals surface area contributed by atoms with E-state index in [0.717, 1.165) is 5.56 Å². The van der Waals surface area contributed by atoms with Crippen molar-refractivity contribution >= 4 is 12.4 Å². The molecule has 2 N–H and O–H groups in total. The van der Waals surface area contributed by atoms with Crippen LogP contribution in [-0.2, 0) is 6.42 Å². The Balaban J connectivity index is 1.74. The molecule has 0 aromatic heterocycles. The number of nitrogens with zero attached hydrogens (tertiary/aromatic N) is 2. The van der Waals surface area contributed by atoms with E-state index in [-0.39, 0.29) is 5.75 Å². The molecule has 2 rings (SSSR count). The summed E-state index contributed by atoms with van der Waals surface area (Å²) in [5, 5.41) is 19.2. The Bertz CT molecular complexity index is 636. The van der Waals surface area contributed by atoms with Gasteiger partial charge in [-0.15, -0.1) is 0 Å². The highest BCUT2D eigenvalue weighted by atomic mass is 16.3. The molecular weight excluding hydrogens is 264 g/mol. The first-order chi connectivity index (χ1) is 10.3. The zero-order chi connectivity index (χ0) is 14.9. The number of aliphatic imine (C=N–C) groups is 2. The third-order valence-corrected chi connectivity index (χ3v) is 2.96. The largest absolute Gasteiger partial charge is 0.508 e. The fourth-order valence-corrected chi connectivity index (χ4v) is 1.81. The first-order valence-electron chi connectivity index (χ1n) is 6.80. The summed E-state index contributed by atoms with van der Waals surface area (Å²) < 4.78 is 0. The van der Waals surface area contributed by atoms with Crippen LogP contribution in [0.15, 0.2) is 58.5 Å². The first kappa shape index (κ1) is 14.8. The highest BCUT2D eigenvalue weighted by Gasteiger charge is 1.96. The van der Waals surface area contributed by atoms with Gasteiger partial charge in [-0.3, -0.25) is 9.98 Å². The van der Waals surface area contributed by atoms with E-state index in [1.807, 2.05) is 18.2 Å². The van der Waals surface area contributed by atoms with Gasteiger partial charge in [0.1, 0.15) is 11.5 Å². The van der Waals surface area contributed by atoms with Crippen LogP contribution in [0.3, 0.4) is 0 Å². The van der Waals surface area contributed by atoms with E-state index in [1.54, 1.807) is 42.8 Å². The van der Waals surface area contributed by atoms with Gasteiger partial charge in [-0.25, -0.2) is 0 Å². The summed E-state index contributed by atoms with van der Waals surface area (Å²) in [6.45, 7) is 1.14. The smallest absolute Gasteiger partial charge is 0.124 e. The molecule has 108 valence electrons.